The second-order valence-electron chi connectivity index (χ2n) is 6.12. The lowest BCUT2D eigenvalue weighted by Crippen LogP contribution is -2.14. The van der Waals surface area contributed by atoms with Gasteiger partial charge >= 0.3 is 0 Å². The van der Waals surface area contributed by atoms with Gasteiger partial charge in [0.15, 0.2) is 17.0 Å². The SMILES string of the molecule is COc1ccc(Nc2ncnc3c2ncn3CC2CCCO2)c(OC)c1. The zero-order valence-electron chi connectivity index (χ0n) is 14.8. The molecule has 8 heteroatoms. The average Bonchev–Trinajstić information content (AvgIpc) is 3.33. The molecular formula is C18H21N5O3. The van der Waals surface area contributed by atoms with E-state index < -0.39 is 0 Å². The fourth-order valence-electron chi connectivity index (χ4n) is 3.14. The number of aromatic nitrogens is 4. The Morgan fingerprint density at radius 1 is 1.23 bits per heavy atom. The van der Waals surface area contributed by atoms with Crippen molar-refractivity contribution >= 4 is 22.7 Å². The standard InChI is InChI=1S/C18H21N5O3/c1-24-12-5-6-14(15(8-12)25-2)22-17-16-18(20-10-19-17)23(11-21-16)9-13-4-3-7-26-13/h5-6,8,10-11,13H,3-4,7,9H2,1-2H3,(H,19,20,22). The third-order valence-corrected chi connectivity index (χ3v) is 4.49. The molecule has 26 heavy (non-hydrogen) atoms. The van der Waals surface area contributed by atoms with Crippen LogP contribution in [0.5, 0.6) is 11.5 Å². The zero-order valence-corrected chi connectivity index (χ0v) is 14.8. The van der Waals surface area contributed by atoms with Crippen LogP contribution in [0.1, 0.15) is 12.8 Å². The Morgan fingerprint density at radius 2 is 2.15 bits per heavy atom. The number of fused-ring (bicyclic) bond motifs is 1. The topological polar surface area (TPSA) is 83.3 Å². The number of benzene rings is 1. The van der Waals surface area contributed by atoms with E-state index in [0.717, 1.165) is 43.1 Å². The molecule has 3 aromatic rings. The number of anilines is 2. The summed E-state index contributed by atoms with van der Waals surface area (Å²) in [6.07, 6.45) is 5.72. The van der Waals surface area contributed by atoms with Crippen LogP contribution in [-0.2, 0) is 11.3 Å². The summed E-state index contributed by atoms with van der Waals surface area (Å²) in [5, 5.41) is 3.29. The molecule has 1 aliphatic rings. The first-order valence-electron chi connectivity index (χ1n) is 8.55. The Labute approximate surface area is 151 Å². The summed E-state index contributed by atoms with van der Waals surface area (Å²) >= 11 is 0. The second kappa shape index (κ2) is 7.17. The molecule has 1 N–H and O–H groups in total. The van der Waals surface area contributed by atoms with E-state index in [2.05, 4.69) is 20.3 Å². The van der Waals surface area contributed by atoms with Crippen LogP contribution >= 0.6 is 0 Å². The summed E-state index contributed by atoms with van der Waals surface area (Å²) < 4.78 is 18.4. The largest absolute Gasteiger partial charge is 0.497 e. The van der Waals surface area contributed by atoms with E-state index in [0.29, 0.717) is 17.1 Å². The third kappa shape index (κ3) is 3.15. The van der Waals surface area contributed by atoms with Gasteiger partial charge in [0.1, 0.15) is 17.8 Å². The van der Waals surface area contributed by atoms with E-state index in [1.807, 2.05) is 22.8 Å². The minimum absolute atomic E-state index is 0.223. The summed E-state index contributed by atoms with van der Waals surface area (Å²) in [6, 6.07) is 5.56. The Balaban J connectivity index is 1.64. The van der Waals surface area contributed by atoms with Gasteiger partial charge in [-0.3, -0.25) is 0 Å². The highest BCUT2D eigenvalue weighted by Crippen LogP contribution is 2.32. The van der Waals surface area contributed by atoms with Crippen LogP contribution in [-0.4, -0.2) is 46.4 Å². The molecule has 0 amide bonds. The van der Waals surface area contributed by atoms with Gasteiger partial charge in [-0.15, -0.1) is 0 Å². The highest BCUT2D eigenvalue weighted by Gasteiger charge is 2.19. The molecule has 4 rings (SSSR count). The fraction of sp³-hybridized carbons (Fsp3) is 0.389. The van der Waals surface area contributed by atoms with Crippen molar-refractivity contribution in [3.8, 4) is 11.5 Å². The third-order valence-electron chi connectivity index (χ3n) is 4.49. The molecule has 3 heterocycles. The number of nitrogens with one attached hydrogen (secondary N) is 1. The second-order valence-corrected chi connectivity index (χ2v) is 6.12. The molecular weight excluding hydrogens is 334 g/mol. The molecule has 1 aliphatic heterocycles. The quantitative estimate of drug-likeness (QED) is 0.728. The summed E-state index contributed by atoms with van der Waals surface area (Å²) in [5.41, 5.74) is 2.27. The van der Waals surface area contributed by atoms with Gasteiger partial charge in [-0.25, -0.2) is 15.0 Å². The van der Waals surface area contributed by atoms with E-state index in [4.69, 9.17) is 14.2 Å². The molecule has 8 nitrogen and oxygen atoms in total. The predicted molar refractivity (Wildman–Crippen MR) is 97.1 cm³/mol. The van der Waals surface area contributed by atoms with Crippen molar-refractivity contribution in [3.63, 3.8) is 0 Å². The summed E-state index contributed by atoms with van der Waals surface area (Å²) in [4.78, 5) is 13.2. The lowest BCUT2D eigenvalue weighted by atomic mass is 10.2. The van der Waals surface area contributed by atoms with E-state index in [-0.39, 0.29) is 6.10 Å². The van der Waals surface area contributed by atoms with Gasteiger partial charge in [-0.05, 0) is 25.0 Å². The molecule has 136 valence electrons. The van der Waals surface area contributed by atoms with Crippen molar-refractivity contribution in [1.29, 1.82) is 0 Å². The maximum Gasteiger partial charge on any atom is 0.165 e. The van der Waals surface area contributed by atoms with Gasteiger partial charge in [0.25, 0.3) is 0 Å². The van der Waals surface area contributed by atoms with Gasteiger partial charge in [0, 0.05) is 12.7 Å². The maximum absolute atomic E-state index is 5.72. The van der Waals surface area contributed by atoms with Gasteiger partial charge in [0.2, 0.25) is 0 Å². The van der Waals surface area contributed by atoms with E-state index >= 15 is 0 Å². The van der Waals surface area contributed by atoms with Gasteiger partial charge < -0.3 is 24.1 Å². The number of rotatable bonds is 6. The summed E-state index contributed by atoms with van der Waals surface area (Å²) in [6.45, 7) is 1.58. The number of hydrogen-bond donors (Lipinski definition) is 1. The van der Waals surface area contributed by atoms with Gasteiger partial charge in [-0.2, -0.15) is 0 Å². The lowest BCUT2D eigenvalue weighted by Gasteiger charge is -2.12. The molecule has 2 aromatic heterocycles. The van der Waals surface area contributed by atoms with Gasteiger partial charge in [-0.1, -0.05) is 0 Å². The predicted octanol–water partition coefficient (Wildman–Crippen LogP) is 2.77. The molecule has 1 unspecified atom stereocenters. The lowest BCUT2D eigenvalue weighted by molar-refractivity contribution is 0.0978. The Bertz CT molecular complexity index is 905. The monoisotopic (exact) mass is 355 g/mol. The molecule has 0 spiro atoms. The van der Waals surface area contributed by atoms with Crippen LogP contribution in [0.4, 0.5) is 11.5 Å². The smallest absolute Gasteiger partial charge is 0.165 e. The number of ether oxygens (including phenoxy) is 3. The van der Waals surface area contributed by atoms with Crippen LogP contribution in [0.15, 0.2) is 30.9 Å². The molecule has 1 aromatic carbocycles. The normalized spacial score (nSPS) is 16.8. The van der Waals surface area contributed by atoms with Crippen LogP contribution in [0.2, 0.25) is 0 Å². The zero-order chi connectivity index (χ0) is 17.9. The van der Waals surface area contributed by atoms with Crippen molar-refractivity contribution < 1.29 is 14.2 Å². The van der Waals surface area contributed by atoms with Crippen molar-refractivity contribution in [3.05, 3.63) is 30.9 Å². The Kier molecular flexibility index (Phi) is 4.57. The molecule has 1 saturated heterocycles. The van der Waals surface area contributed by atoms with E-state index in [1.54, 1.807) is 20.5 Å². The van der Waals surface area contributed by atoms with Crippen molar-refractivity contribution in [2.45, 2.75) is 25.5 Å². The summed E-state index contributed by atoms with van der Waals surface area (Å²) in [5.74, 6) is 2.01. The number of nitrogens with zero attached hydrogens (tertiary/aromatic N) is 4. The fourth-order valence-corrected chi connectivity index (χ4v) is 3.14. The minimum atomic E-state index is 0.223. The van der Waals surface area contributed by atoms with Crippen LogP contribution in [0.3, 0.4) is 0 Å². The van der Waals surface area contributed by atoms with Crippen molar-refractivity contribution in [1.82, 2.24) is 19.5 Å². The molecule has 1 fully saturated rings. The molecule has 0 bridgehead atoms. The van der Waals surface area contributed by atoms with Gasteiger partial charge in [0.05, 0.1) is 38.9 Å². The number of imidazole rings is 1. The van der Waals surface area contributed by atoms with E-state index in [1.165, 1.54) is 6.33 Å². The minimum Gasteiger partial charge on any atom is -0.497 e. The maximum atomic E-state index is 5.72. The first kappa shape index (κ1) is 16.6. The molecule has 0 saturated carbocycles. The Hall–Kier alpha value is -2.87. The highest BCUT2D eigenvalue weighted by atomic mass is 16.5. The molecule has 0 aliphatic carbocycles. The first-order chi connectivity index (χ1) is 12.8. The summed E-state index contributed by atoms with van der Waals surface area (Å²) in [7, 11) is 3.24. The van der Waals surface area contributed by atoms with Crippen LogP contribution in [0.25, 0.3) is 11.2 Å². The number of hydrogen-bond acceptors (Lipinski definition) is 7. The first-order valence-corrected chi connectivity index (χ1v) is 8.55. The highest BCUT2D eigenvalue weighted by molar-refractivity contribution is 5.86. The van der Waals surface area contributed by atoms with Crippen LogP contribution in [0, 0.1) is 0 Å². The average molecular weight is 355 g/mol. The molecule has 0 radical (unpaired) electrons. The van der Waals surface area contributed by atoms with Crippen LogP contribution < -0.4 is 14.8 Å². The van der Waals surface area contributed by atoms with Crippen molar-refractivity contribution in [2.24, 2.45) is 0 Å². The molecule has 1 atom stereocenters. The van der Waals surface area contributed by atoms with E-state index in [9.17, 15) is 0 Å². The Morgan fingerprint density at radius 3 is 2.92 bits per heavy atom. The number of methoxy groups -OCH3 is 2. The van der Waals surface area contributed by atoms with Crippen molar-refractivity contribution in [2.75, 3.05) is 26.1 Å².